The first-order chi connectivity index (χ1) is 10.6. The van der Waals surface area contributed by atoms with Gasteiger partial charge in [-0.1, -0.05) is 6.92 Å². The maximum absolute atomic E-state index is 9.97. The van der Waals surface area contributed by atoms with Crippen LogP contribution in [0, 0.1) is 43.6 Å². The van der Waals surface area contributed by atoms with Crippen molar-refractivity contribution >= 4 is 0 Å². The molecule has 0 amide bonds. The third-order valence-corrected chi connectivity index (χ3v) is 4.70. The summed E-state index contributed by atoms with van der Waals surface area (Å²) in [4.78, 5) is 5.73. The molecule has 3 aliphatic heterocycles. The number of aliphatic hydroxyl groups is 1. The molecule has 2 bridgehead atoms. The minimum Gasteiger partial charge on any atom is -0.543 e. The minimum absolute atomic E-state index is 0. The Kier molecular flexibility index (Phi) is 6.25. The largest absolute Gasteiger partial charge is 0.543 e. The van der Waals surface area contributed by atoms with Crippen molar-refractivity contribution < 1.29 is 56.6 Å². The number of rotatable bonds is 6. The van der Waals surface area contributed by atoms with Gasteiger partial charge in [0.25, 0.3) is 0 Å². The Morgan fingerprint density at radius 2 is 2.36 bits per heavy atom. The first kappa shape index (κ1) is 17.6. The molecule has 3 rings (SSSR count). The number of hydroxylamine groups is 2. The van der Waals surface area contributed by atoms with Crippen LogP contribution in [0.2, 0.25) is 0 Å². The minimum atomic E-state index is -0.529. The van der Waals surface area contributed by atoms with Gasteiger partial charge < -0.3 is 19.3 Å². The number of fused-ring (bicyclic) bond motifs is 2. The molecule has 0 aromatic heterocycles. The summed E-state index contributed by atoms with van der Waals surface area (Å²) in [5.41, 5.74) is -0.529. The van der Waals surface area contributed by atoms with Crippen molar-refractivity contribution in [2.24, 2.45) is 5.92 Å². The van der Waals surface area contributed by atoms with Gasteiger partial charge in [-0.05, 0) is 19.4 Å². The smallest absolute Gasteiger partial charge is 0.109 e. The number of ether oxygens (including phenoxy) is 3. The van der Waals surface area contributed by atoms with Gasteiger partial charge in [0.2, 0.25) is 0 Å². The Labute approximate surface area is 157 Å². The van der Waals surface area contributed by atoms with Crippen LogP contribution in [0.15, 0.2) is 0 Å². The molecule has 3 heterocycles. The summed E-state index contributed by atoms with van der Waals surface area (Å²) < 4.78 is 24.7. The van der Waals surface area contributed by atoms with E-state index in [2.05, 4.69) is 6.92 Å². The average Bonchev–Trinajstić information content (AvgIpc) is 3.17. The molecule has 0 aromatic rings. The van der Waals surface area contributed by atoms with Gasteiger partial charge in [-0.25, -0.2) is 0 Å². The summed E-state index contributed by atoms with van der Waals surface area (Å²) in [7, 11) is 1.86. The predicted octanol–water partition coefficient (Wildman–Crippen LogP) is 0.744. The van der Waals surface area contributed by atoms with E-state index in [-0.39, 0.29) is 62.2 Å². The second kappa shape index (κ2) is 7.80. The number of hydrogen-bond acceptors (Lipinski definition) is 6. The molecule has 0 unspecified atom stereocenters. The molecular weight excluding hydrogens is 512 g/mol. The molecule has 3 aliphatic rings. The predicted molar refractivity (Wildman–Crippen MR) is 75.2 cm³/mol. The van der Waals surface area contributed by atoms with E-state index in [1.54, 1.807) is 11.7 Å². The fourth-order valence-corrected chi connectivity index (χ4v) is 3.25. The van der Waals surface area contributed by atoms with Crippen molar-refractivity contribution in [2.45, 2.75) is 56.7 Å². The maximum Gasteiger partial charge on any atom is 0.109 e. The molecule has 0 spiro atoms. The Bertz CT molecular complexity index is 383. The number of nitrogens with zero attached hydrogens (tertiary/aromatic N) is 1. The van der Waals surface area contributed by atoms with E-state index < -0.39 is 11.7 Å². The molecule has 1 N–H and O–H groups in total. The van der Waals surface area contributed by atoms with Gasteiger partial charge in [0.05, 0.1) is 31.0 Å². The standard InChI is InChI=1S/C15H26NO5.U/c1-4-10-5-12(17)14(21-10)8-20-16(3)6-11-13-7-19-15(11,2)9-18-13;/h7,10-14,17H,4-6,8-9H2,1-3H3;/q-1;/t10-,11-,12-,13-,14+,15-;/m0./s1/i2D;. The summed E-state index contributed by atoms with van der Waals surface area (Å²) in [6.07, 6.45) is 0.926. The second-order valence-corrected chi connectivity index (χ2v) is 6.31. The Morgan fingerprint density at radius 1 is 1.55 bits per heavy atom. The first-order valence-electron chi connectivity index (χ1n) is 8.38. The molecule has 22 heavy (non-hydrogen) atoms. The van der Waals surface area contributed by atoms with Gasteiger partial charge in [-0.15, -0.1) is 0 Å². The van der Waals surface area contributed by atoms with Crippen LogP contribution >= 0.6 is 0 Å². The van der Waals surface area contributed by atoms with Crippen molar-refractivity contribution in [1.82, 2.24) is 5.06 Å². The van der Waals surface area contributed by atoms with Crippen LogP contribution in [0.3, 0.4) is 0 Å². The molecule has 3 saturated heterocycles. The van der Waals surface area contributed by atoms with Crippen molar-refractivity contribution in [3.05, 3.63) is 6.61 Å². The molecule has 6 nitrogen and oxygen atoms in total. The second-order valence-electron chi connectivity index (χ2n) is 6.31. The summed E-state index contributed by atoms with van der Waals surface area (Å²) in [5.74, 6) is 0.104. The van der Waals surface area contributed by atoms with Crippen molar-refractivity contribution in [3.8, 4) is 0 Å². The number of aliphatic hydroxyl groups excluding tert-OH is 1. The van der Waals surface area contributed by atoms with Crippen LogP contribution < -0.4 is 0 Å². The van der Waals surface area contributed by atoms with Crippen LogP contribution in [0.5, 0.6) is 0 Å². The third-order valence-electron chi connectivity index (χ3n) is 4.70. The topological polar surface area (TPSA) is 60.4 Å². The van der Waals surface area contributed by atoms with E-state index in [0.29, 0.717) is 26.2 Å². The average molecular weight is 539 g/mol. The van der Waals surface area contributed by atoms with E-state index in [4.69, 9.17) is 20.4 Å². The number of hydrogen-bond donors (Lipinski definition) is 1. The van der Waals surface area contributed by atoms with Crippen LogP contribution in [0.25, 0.3) is 0 Å². The zero-order valence-corrected chi connectivity index (χ0v) is 17.4. The zero-order valence-electron chi connectivity index (χ0n) is 14.2. The van der Waals surface area contributed by atoms with E-state index in [9.17, 15) is 5.11 Å². The third kappa shape index (κ3) is 3.89. The van der Waals surface area contributed by atoms with E-state index in [0.717, 1.165) is 6.42 Å². The van der Waals surface area contributed by atoms with Crippen LogP contribution in [0.4, 0.5) is 0 Å². The summed E-state index contributed by atoms with van der Waals surface area (Å²) >= 11 is 0. The monoisotopic (exact) mass is 539 g/mol. The Hall–Kier alpha value is 0.812. The van der Waals surface area contributed by atoms with Gasteiger partial charge in [-0.3, -0.25) is 4.84 Å². The fourth-order valence-electron chi connectivity index (χ4n) is 3.25. The quantitative estimate of drug-likeness (QED) is 0.397. The van der Waals surface area contributed by atoms with Crippen molar-refractivity contribution in [1.29, 1.82) is 0 Å². The first-order valence-corrected chi connectivity index (χ1v) is 7.67. The van der Waals surface area contributed by atoms with Crippen LogP contribution in [0.1, 0.15) is 28.0 Å². The zero-order chi connectivity index (χ0) is 15.7. The fraction of sp³-hybridized carbons (Fsp3) is 0.933. The SMILES string of the molecule is [2H]C[C@@]12CO[C@@H]([CH-]O1)[C@@H]2CN(C)OC[C@H]1O[C@@H](CC)C[C@@H]1O.[U]. The van der Waals surface area contributed by atoms with E-state index in [1.165, 1.54) is 0 Å². The molecule has 0 radical (unpaired) electrons. The molecule has 126 valence electrons. The molecule has 0 saturated carbocycles. The molecule has 6 atom stereocenters. The summed E-state index contributed by atoms with van der Waals surface area (Å²) in [6.45, 7) is 5.37. The maximum atomic E-state index is 9.97. The summed E-state index contributed by atoms with van der Waals surface area (Å²) in [5, 5.41) is 11.7. The van der Waals surface area contributed by atoms with Crippen LogP contribution in [-0.4, -0.2) is 67.0 Å². The molecular formula is C15H26NO5U-. The molecule has 3 fully saturated rings. The van der Waals surface area contributed by atoms with E-state index in [1.807, 2.05) is 7.05 Å². The molecule has 0 aliphatic carbocycles. The Morgan fingerprint density at radius 3 is 2.95 bits per heavy atom. The molecule has 7 heteroatoms. The van der Waals surface area contributed by atoms with Crippen molar-refractivity contribution in [3.63, 3.8) is 0 Å². The normalized spacial score (nSPS) is 44.4. The summed E-state index contributed by atoms with van der Waals surface area (Å²) in [6, 6.07) is 0. The Balaban J connectivity index is 0.00000192. The van der Waals surface area contributed by atoms with Crippen LogP contribution in [-0.2, 0) is 19.0 Å². The van der Waals surface area contributed by atoms with Gasteiger partial charge >= 0.3 is 0 Å². The van der Waals surface area contributed by atoms with Gasteiger partial charge in [0.1, 0.15) is 6.10 Å². The van der Waals surface area contributed by atoms with Crippen molar-refractivity contribution in [2.75, 3.05) is 26.8 Å². The molecule has 0 aromatic carbocycles. The van der Waals surface area contributed by atoms with Gasteiger partial charge in [0.15, 0.2) is 0 Å². The van der Waals surface area contributed by atoms with E-state index >= 15 is 0 Å². The van der Waals surface area contributed by atoms with Gasteiger partial charge in [0, 0.05) is 58.4 Å². The van der Waals surface area contributed by atoms with Gasteiger partial charge in [-0.2, -0.15) is 11.7 Å².